The van der Waals surface area contributed by atoms with E-state index in [-0.39, 0.29) is 11.6 Å². The molecular formula is C36H32BrN5O3S2. The molecule has 1 heterocycles. The summed E-state index contributed by atoms with van der Waals surface area (Å²) in [6, 6.07) is 31.4. The summed E-state index contributed by atoms with van der Waals surface area (Å²) in [4.78, 5) is 46.7. The average molecular weight is 727 g/mol. The van der Waals surface area contributed by atoms with Crippen LogP contribution in [0.25, 0.3) is 17.3 Å². The molecule has 11 heteroatoms. The van der Waals surface area contributed by atoms with E-state index in [1.165, 1.54) is 23.1 Å². The van der Waals surface area contributed by atoms with Gasteiger partial charge in [0.25, 0.3) is 11.8 Å². The summed E-state index contributed by atoms with van der Waals surface area (Å²) < 4.78 is 0.988. The smallest absolute Gasteiger partial charge is 0.272 e. The van der Waals surface area contributed by atoms with Gasteiger partial charge in [0.1, 0.15) is 5.70 Å². The lowest BCUT2D eigenvalue weighted by atomic mass is 10.1. The lowest BCUT2D eigenvalue weighted by molar-refractivity contribution is -0.115. The van der Waals surface area contributed by atoms with E-state index in [9.17, 15) is 14.4 Å². The van der Waals surface area contributed by atoms with E-state index < -0.39 is 17.1 Å². The van der Waals surface area contributed by atoms with Crippen molar-refractivity contribution in [1.29, 1.82) is 0 Å². The highest BCUT2D eigenvalue weighted by atomic mass is 79.9. The Kier molecular flexibility index (Phi) is 11.3. The number of anilines is 3. The number of carbonyl (C=O) groups excluding carboxylic acids is 3. The van der Waals surface area contributed by atoms with Gasteiger partial charge in [0.15, 0.2) is 5.13 Å². The molecule has 3 amide bonds. The zero-order chi connectivity index (χ0) is 33.3. The molecule has 0 radical (unpaired) electrons. The maximum Gasteiger partial charge on any atom is 0.272 e. The molecule has 0 fully saturated rings. The minimum atomic E-state index is -0.468. The lowest BCUT2D eigenvalue weighted by Gasteiger charge is -2.14. The molecule has 0 saturated carbocycles. The largest absolute Gasteiger partial charge is 0.378 e. The number of benzene rings is 4. The van der Waals surface area contributed by atoms with Crippen LogP contribution < -0.4 is 20.9 Å². The monoisotopic (exact) mass is 725 g/mol. The van der Waals surface area contributed by atoms with Crippen molar-refractivity contribution in [2.75, 3.05) is 29.6 Å². The normalized spacial score (nSPS) is 11.8. The maximum atomic E-state index is 13.4. The second-order valence-corrected chi connectivity index (χ2v) is 13.8. The number of carbonyl (C=O) groups is 3. The molecule has 0 aliphatic carbocycles. The van der Waals surface area contributed by atoms with Crippen LogP contribution in [0.15, 0.2) is 124 Å². The number of thiazole rings is 1. The van der Waals surface area contributed by atoms with Crippen molar-refractivity contribution < 1.29 is 14.4 Å². The minimum Gasteiger partial charge on any atom is -0.378 e. The molecular weight excluding hydrogens is 694 g/mol. The van der Waals surface area contributed by atoms with Gasteiger partial charge in [-0.3, -0.25) is 14.4 Å². The molecule has 4 aromatic carbocycles. The molecule has 0 aliphatic heterocycles. The van der Waals surface area contributed by atoms with Crippen molar-refractivity contribution in [2.45, 2.75) is 17.1 Å². The fourth-order valence-electron chi connectivity index (χ4n) is 4.34. The first-order valence-electron chi connectivity index (χ1n) is 14.6. The topological polar surface area (TPSA) is 103 Å². The van der Waals surface area contributed by atoms with E-state index in [4.69, 9.17) is 0 Å². The Morgan fingerprint density at radius 1 is 0.872 bits per heavy atom. The van der Waals surface area contributed by atoms with Crippen molar-refractivity contribution in [3.8, 4) is 11.3 Å². The van der Waals surface area contributed by atoms with Crippen molar-refractivity contribution >= 4 is 79.3 Å². The fraction of sp³-hybridized carbons (Fsp3) is 0.111. The Morgan fingerprint density at radius 3 is 2.21 bits per heavy atom. The summed E-state index contributed by atoms with van der Waals surface area (Å²) in [6.45, 7) is 1.83. The number of hydrogen-bond donors (Lipinski definition) is 3. The van der Waals surface area contributed by atoms with Gasteiger partial charge < -0.3 is 20.9 Å². The highest BCUT2D eigenvalue weighted by Gasteiger charge is 2.18. The summed E-state index contributed by atoms with van der Waals surface area (Å²) in [5.74, 6) is -1.02. The molecule has 5 aromatic rings. The number of nitrogens with zero attached hydrogens (tertiary/aromatic N) is 2. The van der Waals surface area contributed by atoms with Crippen molar-refractivity contribution in [3.05, 3.63) is 130 Å². The van der Waals surface area contributed by atoms with Gasteiger partial charge in [-0.2, -0.15) is 0 Å². The van der Waals surface area contributed by atoms with Crippen molar-refractivity contribution in [3.63, 3.8) is 0 Å². The van der Waals surface area contributed by atoms with Gasteiger partial charge >= 0.3 is 0 Å². The van der Waals surface area contributed by atoms with Crippen LogP contribution in [0.4, 0.5) is 16.5 Å². The van der Waals surface area contributed by atoms with Gasteiger partial charge in [-0.25, -0.2) is 4.98 Å². The molecule has 3 N–H and O–H groups in total. The van der Waals surface area contributed by atoms with Crippen molar-refractivity contribution in [1.82, 2.24) is 10.3 Å². The molecule has 0 aliphatic rings. The molecule has 0 bridgehead atoms. The summed E-state index contributed by atoms with van der Waals surface area (Å²) in [6.07, 6.45) is 1.64. The van der Waals surface area contributed by atoms with Crippen LogP contribution in [0.5, 0.6) is 0 Å². The highest BCUT2D eigenvalue weighted by molar-refractivity contribution is 9.10. The third kappa shape index (κ3) is 9.41. The van der Waals surface area contributed by atoms with Gasteiger partial charge in [0, 0.05) is 51.3 Å². The van der Waals surface area contributed by atoms with Crippen LogP contribution in [0.2, 0.25) is 0 Å². The molecule has 1 unspecified atom stereocenters. The summed E-state index contributed by atoms with van der Waals surface area (Å²) >= 11 is 6.21. The van der Waals surface area contributed by atoms with E-state index >= 15 is 0 Å². The summed E-state index contributed by atoms with van der Waals surface area (Å²) in [5.41, 5.74) is 4.63. The van der Waals surface area contributed by atoms with Crippen LogP contribution in [0.1, 0.15) is 22.8 Å². The molecule has 1 atom stereocenters. The number of halogens is 1. The Labute approximate surface area is 290 Å². The van der Waals surface area contributed by atoms with Gasteiger partial charge in [0.2, 0.25) is 5.91 Å². The third-order valence-electron chi connectivity index (χ3n) is 6.92. The summed E-state index contributed by atoms with van der Waals surface area (Å²) in [7, 11) is 3.90. The quantitative estimate of drug-likeness (QED) is 0.0938. The van der Waals surface area contributed by atoms with E-state index in [1.807, 2.05) is 98.0 Å². The first-order chi connectivity index (χ1) is 22.6. The van der Waals surface area contributed by atoms with E-state index in [0.29, 0.717) is 16.4 Å². The Balaban J connectivity index is 1.22. The van der Waals surface area contributed by atoms with Crippen LogP contribution in [0, 0.1) is 0 Å². The zero-order valence-corrected chi connectivity index (χ0v) is 29.1. The lowest BCUT2D eigenvalue weighted by Crippen LogP contribution is -2.30. The number of amides is 3. The Morgan fingerprint density at radius 2 is 1.55 bits per heavy atom. The molecule has 0 saturated heterocycles. The van der Waals surface area contributed by atoms with Gasteiger partial charge in [-0.1, -0.05) is 58.4 Å². The Hall–Kier alpha value is -4.71. The molecule has 0 spiro atoms. The molecule has 1 aromatic heterocycles. The molecule has 47 heavy (non-hydrogen) atoms. The number of aromatic nitrogens is 1. The Bertz CT molecular complexity index is 1880. The first-order valence-corrected chi connectivity index (χ1v) is 17.2. The van der Waals surface area contributed by atoms with Crippen LogP contribution in [-0.2, 0) is 9.59 Å². The molecule has 5 rings (SSSR count). The van der Waals surface area contributed by atoms with Crippen LogP contribution >= 0.6 is 39.0 Å². The fourth-order valence-corrected chi connectivity index (χ4v) is 6.20. The van der Waals surface area contributed by atoms with Crippen molar-refractivity contribution in [2.24, 2.45) is 0 Å². The first kappa shape index (κ1) is 33.6. The van der Waals surface area contributed by atoms with Crippen LogP contribution in [-0.4, -0.2) is 42.1 Å². The molecule has 8 nitrogen and oxygen atoms in total. The number of rotatable bonds is 11. The van der Waals surface area contributed by atoms with E-state index in [2.05, 4.69) is 36.9 Å². The summed E-state index contributed by atoms with van der Waals surface area (Å²) in [5, 5.41) is 10.6. The van der Waals surface area contributed by atoms with Crippen LogP contribution in [0.3, 0.4) is 0 Å². The van der Waals surface area contributed by atoms with E-state index in [0.717, 1.165) is 31.9 Å². The zero-order valence-electron chi connectivity index (χ0n) is 25.9. The number of hydrogen-bond acceptors (Lipinski definition) is 7. The van der Waals surface area contributed by atoms with Gasteiger partial charge in [-0.05, 0) is 79.2 Å². The SMILES string of the molecule is CC(Sc1ccc(NC(=O)/C(=C/c2ccc(N(C)C)cc2)NC(=O)c2ccccc2)cc1)C(=O)Nc1nc(-c2ccc(Br)cc2)cs1. The molecule has 238 valence electrons. The second kappa shape index (κ2) is 15.7. The average Bonchev–Trinajstić information content (AvgIpc) is 3.54. The highest BCUT2D eigenvalue weighted by Crippen LogP contribution is 2.29. The van der Waals surface area contributed by atoms with E-state index in [1.54, 1.807) is 42.5 Å². The number of nitrogens with one attached hydrogen (secondary N) is 3. The predicted molar refractivity (Wildman–Crippen MR) is 197 cm³/mol. The van der Waals surface area contributed by atoms with Gasteiger partial charge in [0.05, 0.1) is 10.9 Å². The number of thioether (sulfide) groups is 1. The predicted octanol–water partition coefficient (Wildman–Crippen LogP) is 8.17. The minimum absolute atomic E-state index is 0.102. The second-order valence-electron chi connectivity index (χ2n) is 10.6. The third-order valence-corrected chi connectivity index (χ3v) is 9.32. The standard InChI is InChI=1S/C36H32BrN5O3S2/c1-23(33(43)41-36-40-32(22-46-36)25-11-13-27(37)14-12-25)47-30-19-15-28(16-20-30)38-35(45)31(39-34(44)26-7-5-4-6-8-26)21-24-9-17-29(18-10-24)42(2)3/h4-23H,1-3H3,(H,38,45)(H,39,44)(H,40,41,43)/b31-21-. The van der Waals surface area contributed by atoms with Gasteiger partial charge in [-0.15, -0.1) is 23.1 Å². The maximum absolute atomic E-state index is 13.4.